The summed E-state index contributed by atoms with van der Waals surface area (Å²) in [5.41, 5.74) is 6.36. The summed E-state index contributed by atoms with van der Waals surface area (Å²) in [4.78, 5) is 22.9. The molecule has 0 bridgehead atoms. The summed E-state index contributed by atoms with van der Waals surface area (Å²) >= 11 is 0. The Morgan fingerprint density at radius 1 is 1.30 bits per heavy atom. The molecule has 0 saturated heterocycles. The van der Waals surface area contributed by atoms with Crippen LogP contribution in [-0.4, -0.2) is 34.2 Å². The van der Waals surface area contributed by atoms with Gasteiger partial charge in [0.2, 0.25) is 5.91 Å². The van der Waals surface area contributed by atoms with Crippen LogP contribution in [0.4, 0.5) is 0 Å². The van der Waals surface area contributed by atoms with E-state index in [1.807, 2.05) is 6.92 Å². The minimum absolute atomic E-state index is 0.106. The summed E-state index contributed by atoms with van der Waals surface area (Å²) in [5.74, 6) is -1.47. The van der Waals surface area contributed by atoms with Gasteiger partial charge in [0.1, 0.15) is 11.8 Å². The summed E-state index contributed by atoms with van der Waals surface area (Å²) in [6, 6.07) is 4.45. The van der Waals surface area contributed by atoms with Crippen molar-refractivity contribution in [2.45, 2.75) is 38.3 Å². The molecular formula is C14H20N2O4. The van der Waals surface area contributed by atoms with Gasteiger partial charge >= 0.3 is 5.97 Å². The summed E-state index contributed by atoms with van der Waals surface area (Å²) < 4.78 is 0. The monoisotopic (exact) mass is 280 g/mol. The predicted molar refractivity (Wildman–Crippen MR) is 74.3 cm³/mol. The fourth-order valence-electron chi connectivity index (χ4n) is 1.79. The Hall–Kier alpha value is -2.08. The first kappa shape index (κ1) is 16.0. The van der Waals surface area contributed by atoms with E-state index < -0.39 is 24.0 Å². The van der Waals surface area contributed by atoms with E-state index in [-0.39, 0.29) is 12.2 Å². The Bertz CT molecular complexity index is 459. The predicted octanol–water partition coefficient (Wildman–Crippen LogP) is 0.631. The topological polar surface area (TPSA) is 113 Å². The second-order valence-corrected chi connectivity index (χ2v) is 4.67. The fourth-order valence-corrected chi connectivity index (χ4v) is 1.79. The number of amides is 1. The number of carbonyl (C=O) groups is 2. The maximum atomic E-state index is 11.8. The van der Waals surface area contributed by atoms with Crippen molar-refractivity contribution in [1.29, 1.82) is 0 Å². The summed E-state index contributed by atoms with van der Waals surface area (Å²) in [6.45, 7) is 1.90. The van der Waals surface area contributed by atoms with E-state index in [1.165, 1.54) is 12.1 Å². The van der Waals surface area contributed by atoms with Gasteiger partial charge in [-0.1, -0.05) is 25.5 Å². The number of carboxylic acids is 1. The minimum atomic E-state index is -1.12. The number of phenols is 1. The lowest BCUT2D eigenvalue weighted by molar-refractivity contribution is -0.142. The third-order valence-electron chi connectivity index (χ3n) is 2.93. The number of hydrogen-bond donors (Lipinski definition) is 4. The Labute approximate surface area is 117 Å². The molecule has 0 aliphatic rings. The van der Waals surface area contributed by atoms with Crippen LogP contribution in [0, 0.1) is 0 Å². The molecule has 2 unspecified atom stereocenters. The average molecular weight is 280 g/mol. The van der Waals surface area contributed by atoms with Crippen molar-refractivity contribution < 1.29 is 19.8 Å². The van der Waals surface area contributed by atoms with Crippen LogP contribution in [0.25, 0.3) is 0 Å². The third-order valence-corrected chi connectivity index (χ3v) is 2.93. The lowest BCUT2D eigenvalue weighted by Gasteiger charge is -2.17. The van der Waals surface area contributed by atoms with Crippen molar-refractivity contribution in [3.63, 3.8) is 0 Å². The zero-order valence-corrected chi connectivity index (χ0v) is 11.4. The summed E-state index contributed by atoms with van der Waals surface area (Å²) in [7, 11) is 0. The van der Waals surface area contributed by atoms with Gasteiger partial charge in [-0.2, -0.15) is 0 Å². The summed E-state index contributed by atoms with van der Waals surface area (Å²) in [5, 5.41) is 20.8. The number of hydrogen-bond acceptors (Lipinski definition) is 4. The van der Waals surface area contributed by atoms with E-state index in [2.05, 4.69) is 5.32 Å². The number of benzene rings is 1. The molecule has 6 heteroatoms. The second-order valence-electron chi connectivity index (χ2n) is 4.67. The Morgan fingerprint density at radius 2 is 1.90 bits per heavy atom. The van der Waals surface area contributed by atoms with Crippen molar-refractivity contribution in [2.75, 3.05) is 0 Å². The molecular weight excluding hydrogens is 260 g/mol. The lowest BCUT2D eigenvalue weighted by atomic mass is 10.0. The molecule has 1 aromatic rings. The van der Waals surface area contributed by atoms with Gasteiger partial charge in [0, 0.05) is 6.42 Å². The number of nitrogens with two attached hydrogens (primary N) is 1. The maximum Gasteiger partial charge on any atom is 0.326 e. The zero-order valence-electron chi connectivity index (χ0n) is 11.4. The SMILES string of the molecule is CCCC(N)C(=O)NC(Cc1ccc(O)cc1)C(=O)O. The highest BCUT2D eigenvalue weighted by atomic mass is 16.4. The van der Waals surface area contributed by atoms with Crippen molar-refractivity contribution in [2.24, 2.45) is 5.73 Å². The first-order valence-electron chi connectivity index (χ1n) is 6.50. The van der Waals surface area contributed by atoms with Crippen molar-refractivity contribution in [3.05, 3.63) is 29.8 Å². The molecule has 0 heterocycles. The first-order chi connectivity index (χ1) is 9.43. The lowest BCUT2D eigenvalue weighted by Crippen LogP contribution is -2.49. The number of nitrogens with one attached hydrogen (secondary N) is 1. The number of phenolic OH excluding ortho intramolecular Hbond substituents is 1. The number of aromatic hydroxyl groups is 1. The van der Waals surface area contributed by atoms with Gasteiger partial charge in [0.25, 0.3) is 0 Å². The number of carboxylic acid groups (broad SMARTS) is 1. The Balaban J connectivity index is 2.67. The van der Waals surface area contributed by atoms with Crippen LogP contribution in [0.2, 0.25) is 0 Å². The highest BCUT2D eigenvalue weighted by Gasteiger charge is 2.23. The molecule has 0 fully saturated rings. The van der Waals surface area contributed by atoms with E-state index >= 15 is 0 Å². The molecule has 5 N–H and O–H groups in total. The number of aliphatic carboxylic acids is 1. The molecule has 110 valence electrons. The van der Waals surface area contributed by atoms with Gasteiger partial charge in [-0.25, -0.2) is 4.79 Å². The average Bonchev–Trinajstić information content (AvgIpc) is 2.40. The van der Waals surface area contributed by atoms with Crippen LogP contribution in [0.15, 0.2) is 24.3 Å². The Morgan fingerprint density at radius 3 is 2.40 bits per heavy atom. The quantitative estimate of drug-likeness (QED) is 0.585. The van der Waals surface area contributed by atoms with Gasteiger partial charge in [-0.15, -0.1) is 0 Å². The largest absolute Gasteiger partial charge is 0.508 e. The van der Waals surface area contributed by atoms with Gasteiger partial charge in [0.15, 0.2) is 0 Å². The second kappa shape index (κ2) is 7.49. The van der Waals surface area contributed by atoms with Crippen molar-refractivity contribution >= 4 is 11.9 Å². The number of carbonyl (C=O) groups excluding carboxylic acids is 1. The van der Waals surface area contributed by atoms with Crippen LogP contribution in [0.3, 0.4) is 0 Å². The first-order valence-corrected chi connectivity index (χ1v) is 6.50. The maximum absolute atomic E-state index is 11.8. The van der Waals surface area contributed by atoms with Gasteiger partial charge < -0.3 is 21.3 Å². The summed E-state index contributed by atoms with van der Waals surface area (Å²) in [6.07, 6.45) is 1.40. The minimum Gasteiger partial charge on any atom is -0.508 e. The van der Waals surface area contributed by atoms with Gasteiger partial charge in [0.05, 0.1) is 6.04 Å². The van der Waals surface area contributed by atoms with E-state index in [4.69, 9.17) is 10.8 Å². The standard InChI is InChI=1S/C14H20N2O4/c1-2-3-11(15)13(18)16-12(14(19)20)8-9-4-6-10(17)7-5-9/h4-7,11-12,17H,2-3,8,15H2,1H3,(H,16,18)(H,19,20). The fraction of sp³-hybridized carbons (Fsp3) is 0.429. The molecule has 0 aliphatic carbocycles. The molecule has 1 rings (SSSR count). The van der Waals surface area contributed by atoms with Crippen LogP contribution >= 0.6 is 0 Å². The molecule has 0 saturated carbocycles. The molecule has 0 spiro atoms. The van der Waals surface area contributed by atoms with Gasteiger partial charge in [-0.05, 0) is 24.1 Å². The van der Waals surface area contributed by atoms with Gasteiger partial charge in [-0.3, -0.25) is 4.79 Å². The van der Waals surface area contributed by atoms with E-state index in [0.29, 0.717) is 12.0 Å². The molecule has 2 atom stereocenters. The van der Waals surface area contributed by atoms with Crippen molar-refractivity contribution in [1.82, 2.24) is 5.32 Å². The number of rotatable bonds is 7. The molecule has 0 aromatic heterocycles. The van der Waals surface area contributed by atoms with E-state index in [1.54, 1.807) is 12.1 Å². The molecule has 0 radical (unpaired) electrons. The molecule has 1 aromatic carbocycles. The van der Waals surface area contributed by atoms with Crippen LogP contribution in [-0.2, 0) is 16.0 Å². The molecule has 20 heavy (non-hydrogen) atoms. The highest BCUT2D eigenvalue weighted by molar-refractivity contribution is 5.86. The van der Waals surface area contributed by atoms with E-state index in [0.717, 1.165) is 6.42 Å². The normalized spacial score (nSPS) is 13.5. The molecule has 1 amide bonds. The van der Waals surface area contributed by atoms with E-state index in [9.17, 15) is 14.7 Å². The van der Waals surface area contributed by atoms with Crippen LogP contribution in [0.1, 0.15) is 25.3 Å². The zero-order chi connectivity index (χ0) is 15.1. The van der Waals surface area contributed by atoms with Crippen LogP contribution < -0.4 is 11.1 Å². The van der Waals surface area contributed by atoms with Crippen molar-refractivity contribution in [3.8, 4) is 5.75 Å². The molecule has 6 nitrogen and oxygen atoms in total. The highest BCUT2D eigenvalue weighted by Crippen LogP contribution is 2.11. The third kappa shape index (κ3) is 4.89. The molecule has 0 aliphatic heterocycles. The Kier molecular flexibility index (Phi) is 5.99. The smallest absolute Gasteiger partial charge is 0.326 e. The van der Waals surface area contributed by atoms with Crippen LogP contribution in [0.5, 0.6) is 5.75 Å².